The van der Waals surface area contributed by atoms with E-state index in [9.17, 15) is 14.4 Å². The summed E-state index contributed by atoms with van der Waals surface area (Å²) in [5.41, 5.74) is 2.15. The Morgan fingerprint density at radius 1 is 1.18 bits per heavy atom. The number of para-hydroxylation sites is 1. The topological polar surface area (TPSA) is 90.9 Å². The van der Waals surface area contributed by atoms with Crippen LogP contribution in [0.3, 0.4) is 0 Å². The second-order valence-electron chi connectivity index (χ2n) is 6.10. The summed E-state index contributed by atoms with van der Waals surface area (Å²) in [5, 5.41) is 2.98. The fourth-order valence-corrected chi connectivity index (χ4v) is 3.75. The highest BCUT2D eigenvalue weighted by atomic mass is 32.1. The van der Waals surface area contributed by atoms with Crippen LogP contribution in [-0.2, 0) is 19.1 Å². The van der Waals surface area contributed by atoms with Crippen molar-refractivity contribution >= 4 is 40.3 Å². The van der Waals surface area contributed by atoms with Crippen molar-refractivity contribution in [3.63, 3.8) is 0 Å². The first-order valence-electron chi connectivity index (χ1n) is 8.48. The van der Waals surface area contributed by atoms with Gasteiger partial charge in [0.05, 0.1) is 18.2 Å². The third-order valence-corrected chi connectivity index (χ3v) is 5.38. The number of hydrogen-bond donors (Lipinski definition) is 1. The molecule has 3 rings (SSSR count). The fourth-order valence-electron chi connectivity index (χ4n) is 2.68. The lowest BCUT2D eigenvalue weighted by Crippen LogP contribution is -2.24. The zero-order valence-corrected chi connectivity index (χ0v) is 16.5. The van der Waals surface area contributed by atoms with Gasteiger partial charge in [-0.3, -0.25) is 4.79 Å². The van der Waals surface area contributed by atoms with Crippen LogP contribution in [0.1, 0.15) is 26.4 Å². The first-order chi connectivity index (χ1) is 13.4. The van der Waals surface area contributed by atoms with Crippen molar-refractivity contribution in [3.05, 3.63) is 51.4 Å². The van der Waals surface area contributed by atoms with E-state index < -0.39 is 24.5 Å². The molecule has 0 bridgehead atoms. The average Bonchev–Trinajstić information content (AvgIpc) is 2.98. The smallest absolute Gasteiger partial charge is 0.341 e. The lowest BCUT2D eigenvalue weighted by molar-refractivity contribution is -0.143. The third-order valence-electron chi connectivity index (χ3n) is 4.26. The average molecular weight is 401 g/mol. The number of anilines is 1. The molecule has 28 heavy (non-hydrogen) atoms. The fraction of sp³-hybridized carbons (Fsp3) is 0.250. The minimum atomic E-state index is -0.628. The lowest BCUT2D eigenvalue weighted by Gasteiger charge is -2.16. The molecule has 2 aromatic rings. The molecule has 1 aromatic carbocycles. The molecule has 0 radical (unpaired) electrons. The number of rotatable bonds is 5. The van der Waals surface area contributed by atoms with Crippen molar-refractivity contribution in [3.8, 4) is 5.75 Å². The maximum absolute atomic E-state index is 12.2. The number of nitrogens with one attached hydrogen (secondary N) is 1. The van der Waals surface area contributed by atoms with Gasteiger partial charge in [0, 0.05) is 10.4 Å². The number of fused-ring (bicyclic) bond motifs is 1. The van der Waals surface area contributed by atoms with Crippen LogP contribution in [0.5, 0.6) is 5.75 Å². The van der Waals surface area contributed by atoms with Gasteiger partial charge in [0.25, 0.3) is 5.91 Å². The quantitative estimate of drug-likeness (QED) is 0.774. The maximum Gasteiger partial charge on any atom is 0.341 e. The van der Waals surface area contributed by atoms with Gasteiger partial charge in [0.2, 0.25) is 0 Å². The van der Waals surface area contributed by atoms with Gasteiger partial charge in [0.15, 0.2) is 6.61 Å². The van der Waals surface area contributed by atoms with Crippen LogP contribution in [0.25, 0.3) is 6.08 Å². The van der Waals surface area contributed by atoms with Gasteiger partial charge < -0.3 is 19.5 Å². The largest absolute Gasteiger partial charge is 0.488 e. The summed E-state index contributed by atoms with van der Waals surface area (Å²) in [7, 11) is 1.28. The molecule has 1 aliphatic rings. The van der Waals surface area contributed by atoms with Crippen molar-refractivity contribution in [2.75, 3.05) is 25.6 Å². The summed E-state index contributed by atoms with van der Waals surface area (Å²) >= 11 is 1.26. The number of esters is 2. The number of aryl methyl sites for hydroxylation is 1. The van der Waals surface area contributed by atoms with E-state index in [4.69, 9.17) is 14.2 Å². The number of benzene rings is 1. The van der Waals surface area contributed by atoms with Crippen LogP contribution < -0.4 is 10.1 Å². The van der Waals surface area contributed by atoms with E-state index in [0.29, 0.717) is 21.9 Å². The molecule has 0 unspecified atom stereocenters. The molecule has 8 heteroatoms. The highest BCUT2D eigenvalue weighted by Crippen LogP contribution is 2.33. The Morgan fingerprint density at radius 2 is 1.93 bits per heavy atom. The van der Waals surface area contributed by atoms with Crippen LogP contribution >= 0.6 is 11.3 Å². The van der Waals surface area contributed by atoms with Gasteiger partial charge in [-0.05, 0) is 31.6 Å². The van der Waals surface area contributed by atoms with Crippen LogP contribution in [0.15, 0.2) is 29.8 Å². The Bertz CT molecular complexity index is 975. The summed E-state index contributed by atoms with van der Waals surface area (Å²) < 4.78 is 15.4. The van der Waals surface area contributed by atoms with Crippen molar-refractivity contribution in [1.82, 2.24) is 0 Å². The number of amides is 1. The molecule has 7 nitrogen and oxygen atoms in total. The predicted octanol–water partition coefficient (Wildman–Crippen LogP) is 3.11. The molecule has 1 amide bonds. The zero-order chi connectivity index (χ0) is 20.3. The molecule has 0 aliphatic carbocycles. The maximum atomic E-state index is 12.2. The molecule has 0 saturated heterocycles. The molecular weight excluding hydrogens is 382 g/mol. The molecule has 1 aromatic heterocycles. The van der Waals surface area contributed by atoms with Gasteiger partial charge >= 0.3 is 11.9 Å². The van der Waals surface area contributed by atoms with Gasteiger partial charge in [-0.15, -0.1) is 11.3 Å². The number of carbonyl (C=O) groups excluding carboxylic acids is 3. The molecular formula is C20H19NO6S. The van der Waals surface area contributed by atoms with Crippen molar-refractivity contribution < 1.29 is 28.6 Å². The van der Waals surface area contributed by atoms with E-state index in [2.05, 4.69) is 5.32 Å². The first-order valence-corrected chi connectivity index (χ1v) is 9.30. The Labute approximate surface area is 165 Å². The molecule has 146 valence electrons. The summed E-state index contributed by atoms with van der Waals surface area (Å²) in [6.45, 7) is 3.22. The number of methoxy groups -OCH3 is 1. The minimum absolute atomic E-state index is 0.0767. The highest BCUT2D eigenvalue weighted by Gasteiger charge is 2.23. The summed E-state index contributed by atoms with van der Waals surface area (Å²) in [6.07, 6.45) is 1.68. The van der Waals surface area contributed by atoms with Crippen molar-refractivity contribution in [1.29, 1.82) is 0 Å². The molecule has 1 aliphatic heterocycles. The SMILES string of the molecule is COC(=O)c1c(NC(=O)COC(=O)C2=Cc3ccccc3OC2)sc(C)c1C. The van der Waals surface area contributed by atoms with Gasteiger partial charge in [-0.2, -0.15) is 0 Å². The number of carbonyl (C=O) groups is 3. The molecule has 0 atom stereocenters. The van der Waals surface area contributed by atoms with E-state index >= 15 is 0 Å². The number of ether oxygens (including phenoxy) is 3. The second kappa shape index (κ2) is 8.26. The Hall–Kier alpha value is -3.13. The third kappa shape index (κ3) is 4.07. The molecule has 1 N–H and O–H groups in total. The monoisotopic (exact) mass is 401 g/mol. The molecule has 0 saturated carbocycles. The van der Waals surface area contributed by atoms with Crippen LogP contribution in [0.2, 0.25) is 0 Å². The van der Waals surface area contributed by atoms with Crippen LogP contribution in [0.4, 0.5) is 5.00 Å². The Balaban J connectivity index is 1.63. The Kier molecular flexibility index (Phi) is 5.79. The summed E-state index contributed by atoms with van der Waals surface area (Å²) in [6, 6.07) is 7.32. The zero-order valence-electron chi connectivity index (χ0n) is 15.7. The van der Waals surface area contributed by atoms with Gasteiger partial charge in [-0.1, -0.05) is 18.2 Å². The van der Waals surface area contributed by atoms with Gasteiger partial charge in [0.1, 0.15) is 17.4 Å². The number of hydrogen-bond acceptors (Lipinski definition) is 7. The first kappa shape index (κ1) is 19.6. The van der Waals surface area contributed by atoms with Crippen molar-refractivity contribution in [2.45, 2.75) is 13.8 Å². The van der Waals surface area contributed by atoms with E-state index in [1.807, 2.05) is 31.2 Å². The second-order valence-corrected chi connectivity index (χ2v) is 7.32. The summed E-state index contributed by atoms with van der Waals surface area (Å²) in [4.78, 5) is 37.3. The highest BCUT2D eigenvalue weighted by molar-refractivity contribution is 7.16. The van der Waals surface area contributed by atoms with Gasteiger partial charge in [-0.25, -0.2) is 9.59 Å². The number of thiophene rings is 1. The minimum Gasteiger partial charge on any atom is -0.488 e. The van der Waals surface area contributed by atoms with Crippen LogP contribution in [-0.4, -0.2) is 38.2 Å². The normalized spacial score (nSPS) is 12.3. The van der Waals surface area contributed by atoms with E-state index in [1.54, 1.807) is 13.0 Å². The molecule has 0 fully saturated rings. The summed E-state index contributed by atoms with van der Waals surface area (Å²) in [5.74, 6) is -1.01. The van der Waals surface area contributed by atoms with E-state index in [0.717, 1.165) is 16.0 Å². The standard InChI is InChI=1S/C20H19NO6S/c1-11-12(2)28-18(17(11)20(24)25-3)21-16(22)10-27-19(23)14-8-13-6-4-5-7-15(13)26-9-14/h4-8H,9-10H2,1-3H3,(H,21,22). The van der Waals surface area contributed by atoms with E-state index in [1.165, 1.54) is 18.4 Å². The molecule has 2 heterocycles. The predicted molar refractivity (Wildman–Crippen MR) is 105 cm³/mol. The van der Waals surface area contributed by atoms with E-state index in [-0.39, 0.29) is 6.61 Å². The van der Waals surface area contributed by atoms with Crippen LogP contribution in [0, 0.1) is 13.8 Å². The Morgan fingerprint density at radius 3 is 2.68 bits per heavy atom. The molecule has 0 spiro atoms. The van der Waals surface area contributed by atoms with Crippen molar-refractivity contribution in [2.24, 2.45) is 0 Å². The lowest BCUT2D eigenvalue weighted by atomic mass is 10.1.